The molecule has 41 heavy (non-hydrogen) atoms. The first kappa shape index (κ1) is 27.0. The minimum atomic E-state index is 0.0287. The number of carbonyl (C=O) groups excluding carboxylic acids is 1. The fourth-order valence-corrected chi connectivity index (χ4v) is 5.66. The van der Waals surface area contributed by atoms with Crippen LogP contribution in [0.25, 0.3) is 38.4 Å². The molecule has 2 aliphatic heterocycles. The van der Waals surface area contributed by atoms with Gasteiger partial charge in [0, 0.05) is 88.3 Å². The summed E-state index contributed by atoms with van der Waals surface area (Å²) >= 11 is 0. The normalized spacial score (nSPS) is 16.5. The Labute approximate surface area is 240 Å². The van der Waals surface area contributed by atoms with Gasteiger partial charge in [-0.15, -0.1) is 0 Å². The number of furan rings is 1. The van der Waals surface area contributed by atoms with Crippen LogP contribution in [0.15, 0.2) is 65.2 Å². The van der Waals surface area contributed by atoms with E-state index in [0.29, 0.717) is 42.4 Å². The molecule has 4 heterocycles. The third-order valence-corrected chi connectivity index (χ3v) is 7.98. The van der Waals surface area contributed by atoms with Crippen LogP contribution in [0, 0.1) is 6.57 Å². The van der Waals surface area contributed by atoms with Crippen LogP contribution in [0.2, 0.25) is 0 Å². The Morgan fingerprint density at radius 3 is 2.54 bits per heavy atom. The topological polar surface area (TPSA) is 81.2 Å². The molecule has 0 spiro atoms. The van der Waals surface area contributed by atoms with Crippen LogP contribution in [-0.4, -0.2) is 98.1 Å². The first-order valence-electron chi connectivity index (χ1n) is 14.3. The number of nitrogens with one attached hydrogen (secondary N) is 2. The minimum absolute atomic E-state index is 0.0287. The highest BCUT2D eigenvalue weighted by molar-refractivity contribution is 6.10. The number of aromatic nitrogens is 1. The zero-order valence-electron chi connectivity index (χ0n) is 23.4. The summed E-state index contributed by atoms with van der Waals surface area (Å²) in [6.45, 7) is 16.6. The number of piperazine rings is 2. The lowest BCUT2D eigenvalue weighted by atomic mass is 9.97. The number of anilines is 1. The van der Waals surface area contributed by atoms with Crippen molar-refractivity contribution >= 4 is 28.4 Å². The number of rotatable bonds is 7. The standard InChI is InChI=1S/C32H35N7O2/c1-33-26-22-36-31-28(29(26)35-13-16-38-14-11-34-12-15-38)27(23-7-4-3-5-8-23)30(41-31)24-9-6-10-25(21-24)32(40)39-19-17-37(2)18-20-39/h3-10,21-22,34H,11-20H2,2H3,(H,35,36). The van der Waals surface area contributed by atoms with Gasteiger partial charge in [0.15, 0.2) is 0 Å². The van der Waals surface area contributed by atoms with Crippen molar-refractivity contribution in [2.45, 2.75) is 0 Å². The van der Waals surface area contributed by atoms with Crippen molar-refractivity contribution < 1.29 is 9.21 Å². The van der Waals surface area contributed by atoms with E-state index in [1.807, 2.05) is 59.5 Å². The lowest BCUT2D eigenvalue weighted by Crippen LogP contribution is -2.47. The molecule has 0 saturated carbocycles. The molecule has 2 aliphatic rings. The molecule has 2 aromatic carbocycles. The van der Waals surface area contributed by atoms with E-state index in [1.165, 1.54) is 0 Å². The summed E-state index contributed by atoms with van der Waals surface area (Å²) in [6, 6.07) is 17.7. The largest absolute Gasteiger partial charge is 0.437 e. The van der Waals surface area contributed by atoms with Gasteiger partial charge in [0.2, 0.25) is 11.4 Å². The van der Waals surface area contributed by atoms with Crippen LogP contribution in [0.4, 0.5) is 11.4 Å². The maximum absolute atomic E-state index is 13.4. The average Bonchev–Trinajstić information content (AvgIpc) is 3.42. The van der Waals surface area contributed by atoms with Crippen LogP contribution in [0.1, 0.15) is 10.4 Å². The highest BCUT2D eigenvalue weighted by atomic mass is 16.3. The molecule has 1 amide bonds. The molecular formula is C32H35N7O2. The molecule has 0 atom stereocenters. The Morgan fingerprint density at radius 1 is 1.02 bits per heavy atom. The third kappa shape index (κ3) is 5.68. The molecule has 2 N–H and O–H groups in total. The van der Waals surface area contributed by atoms with E-state index in [0.717, 1.165) is 73.6 Å². The van der Waals surface area contributed by atoms with Crippen molar-refractivity contribution in [1.29, 1.82) is 0 Å². The second-order valence-electron chi connectivity index (χ2n) is 10.7. The number of hydrogen-bond acceptors (Lipinski definition) is 7. The monoisotopic (exact) mass is 549 g/mol. The van der Waals surface area contributed by atoms with Crippen molar-refractivity contribution in [3.8, 4) is 22.5 Å². The number of pyridine rings is 1. The average molecular weight is 550 g/mol. The smallest absolute Gasteiger partial charge is 0.253 e. The Kier molecular flexibility index (Phi) is 7.96. The van der Waals surface area contributed by atoms with Gasteiger partial charge in [-0.2, -0.15) is 0 Å². The van der Waals surface area contributed by atoms with Gasteiger partial charge in [-0.25, -0.2) is 9.83 Å². The summed E-state index contributed by atoms with van der Waals surface area (Å²) in [6.07, 6.45) is 1.58. The molecule has 4 aromatic rings. The van der Waals surface area contributed by atoms with Crippen molar-refractivity contribution in [1.82, 2.24) is 25.0 Å². The van der Waals surface area contributed by atoms with E-state index in [1.54, 1.807) is 6.20 Å². The number of benzene rings is 2. The first-order valence-corrected chi connectivity index (χ1v) is 14.3. The zero-order chi connectivity index (χ0) is 28.2. The molecule has 6 rings (SSSR count). The molecule has 9 nitrogen and oxygen atoms in total. The number of hydrogen-bond donors (Lipinski definition) is 2. The van der Waals surface area contributed by atoms with Crippen LogP contribution in [-0.2, 0) is 0 Å². The van der Waals surface area contributed by atoms with Crippen molar-refractivity contribution in [2.24, 2.45) is 0 Å². The third-order valence-electron chi connectivity index (χ3n) is 7.98. The molecule has 2 fully saturated rings. The van der Waals surface area contributed by atoms with Gasteiger partial charge in [0.25, 0.3) is 5.91 Å². The number of amides is 1. The zero-order valence-corrected chi connectivity index (χ0v) is 23.4. The van der Waals surface area contributed by atoms with Crippen molar-refractivity contribution in [3.63, 3.8) is 0 Å². The van der Waals surface area contributed by atoms with Gasteiger partial charge >= 0.3 is 0 Å². The van der Waals surface area contributed by atoms with Gasteiger partial charge < -0.3 is 24.9 Å². The van der Waals surface area contributed by atoms with E-state index in [4.69, 9.17) is 11.0 Å². The van der Waals surface area contributed by atoms with E-state index >= 15 is 0 Å². The van der Waals surface area contributed by atoms with Crippen LogP contribution in [0.3, 0.4) is 0 Å². The van der Waals surface area contributed by atoms with Gasteiger partial charge in [0.05, 0.1) is 17.6 Å². The lowest BCUT2D eigenvalue weighted by Gasteiger charge is -2.32. The Balaban J connectivity index is 1.41. The first-order chi connectivity index (χ1) is 20.1. The highest BCUT2D eigenvalue weighted by Crippen LogP contribution is 2.46. The van der Waals surface area contributed by atoms with Gasteiger partial charge in [-0.05, 0) is 24.7 Å². The van der Waals surface area contributed by atoms with E-state index < -0.39 is 0 Å². The molecule has 9 heteroatoms. The van der Waals surface area contributed by atoms with Crippen LogP contribution >= 0.6 is 0 Å². The molecule has 0 bridgehead atoms. The number of carbonyl (C=O) groups is 1. The quantitative estimate of drug-likeness (QED) is 0.331. The highest BCUT2D eigenvalue weighted by Gasteiger charge is 2.25. The molecule has 0 unspecified atom stereocenters. The van der Waals surface area contributed by atoms with Gasteiger partial charge in [-0.1, -0.05) is 42.5 Å². The van der Waals surface area contributed by atoms with Gasteiger partial charge in [-0.3, -0.25) is 9.69 Å². The Bertz CT molecular complexity index is 1560. The lowest BCUT2D eigenvalue weighted by molar-refractivity contribution is 0.0664. The summed E-state index contributed by atoms with van der Waals surface area (Å²) in [5, 5.41) is 7.75. The van der Waals surface area contributed by atoms with Crippen LogP contribution in [0.5, 0.6) is 0 Å². The fraction of sp³-hybridized carbons (Fsp3) is 0.344. The van der Waals surface area contributed by atoms with E-state index in [-0.39, 0.29) is 5.91 Å². The minimum Gasteiger partial charge on any atom is -0.437 e. The number of nitrogens with zero attached hydrogens (tertiary/aromatic N) is 5. The maximum Gasteiger partial charge on any atom is 0.253 e. The van der Waals surface area contributed by atoms with Crippen molar-refractivity contribution in [2.75, 3.05) is 77.8 Å². The second-order valence-corrected chi connectivity index (χ2v) is 10.7. The predicted molar refractivity (Wildman–Crippen MR) is 162 cm³/mol. The Hall–Kier alpha value is -4.23. The summed E-state index contributed by atoms with van der Waals surface area (Å²) in [5.41, 5.74) is 4.93. The van der Waals surface area contributed by atoms with Crippen molar-refractivity contribution in [3.05, 3.63) is 77.8 Å². The molecule has 2 aromatic heterocycles. The molecule has 2 saturated heterocycles. The second kappa shape index (κ2) is 12.1. The van der Waals surface area contributed by atoms with Gasteiger partial charge in [0.1, 0.15) is 5.76 Å². The predicted octanol–water partition coefficient (Wildman–Crippen LogP) is 4.42. The number of likely N-dealkylation sites (N-methyl/N-ethyl adjacent to an activating group) is 1. The maximum atomic E-state index is 13.4. The Morgan fingerprint density at radius 2 is 1.78 bits per heavy atom. The fourth-order valence-electron chi connectivity index (χ4n) is 5.66. The van der Waals surface area contributed by atoms with E-state index in [9.17, 15) is 4.79 Å². The number of fused-ring (bicyclic) bond motifs is 1. The summed E-state index contributed by atoms with van der Waals surface area (Å²) < 4.78 is 6.47. The van der Waals surface area contributed by atoms with E-state index in [2.05, 4.69) is 37.3 Å². The molecule has 0 radical (unpaired) electrons. The molecular weight excluding hydrogens is 514 g/mol. The molecule has 0 aliphatic carbocycles. The molecule has 210 valence electrons. The summed E-state index contributed by atoms with van der Waals surface area (Å²) in [5.74, 6) is 0.667. The summed E-state index contributed by atoms with van der Waals surface area (Å²) in [7, 11) is 2.08. The SMILES string of the molecule is [C-]#[N+]c1cnc2oc(-c3cccc(C(=O)N4CCN(C)CC4)c3)c(-c3ccccc3)c2c1NCCN1CCNCC1. The summed E-state index contributed by atoms with van der Waals surface area (Å²) in [4.78, 5) is 28.4. The van der Waals surface area contributed by atoms with Crippen LogP contribution < -0.4 is 10.6 Å².